The summed E-state index contributed by atoms with van der Waals surface area (Å²) in [6, 6.07) is 0. The molecule has 7 heavy (non-hydrogen) atoms. The Bertz CT molecular complexity index is 47.0. The van der Waals surface area contributed by atoms with Crippen LogP contribution in [-0.2, 0) is 4.79 Å². The summed E-state index contributed by atoms with van der Waals surface area (Å²) in [6.45, 7) is 0. The van der Waals surface area contributed by atoms with Crippen LogP contribution in [0.1, 0.15) is 12.8 Å². The molecule has 3 heteroatoms. The van der Waals surface area contributed by atoms with Crippen molar-refractivity contribution in [3.05, 3.63) is 0 Å². The summed E-state index contributed by atoms with van der Waals surface area (Å²) < 4.78 is 9.15. The van der Waals surface area contributed by atoms with Crippen molar-refractivity contribution in [1.29, 1.82) is 0 Å². The number of unbranched alkanes of at least 4 members (excludes halogenated alkanes) is 1. The van der Waals surface area contributed by atoms with Crippen molar-refractivity contribution in [2.75, 3.05) is 4.43 Å². The molecule has 0 saturated carbocycles. The van der Waals surface area contributed by atoms with Crippen LogP contribution in [0.2, 0.25) is 0 Å². The molecule has 0 aromatic heterocycles. The summed E-state index contributed by atoms with van der Waals surface area (Å²) in [4.78, 5) is 9.61. The van der Waals surface area contributed by atoms with Crippen LogP contribution in [0, 0.1) is 0 Å². The van der Waals surface area contributed by atoms with E-state index in [4.69, 9.17) is 3.44 Å². The average molecular weight is 215 g/mol. The molecule has 0 aliphatic heterocycles. The van der Waals surface area contributed by atoms with Gasteiger partial charge in [-0.1, -0.05) is 0 Å². The fraction of sp³-hybridized carbons (Fsp3) is 0.750. The van der Waals surface area contributed by atoms with Crippen LogP contribution >= 0.6 is 0 Å². The Hall–Kier alpha value is 0.360. The number of aldehydes is 1. The van der Waals surface area contributed by atoms with Crippen molar-refractivity contribution in [3.8, 4) is 0 Å². The van der Waals surface area contributed by atoms with Gasteiger partial charge in [0, 0.05) is 0 Å². The molecule has 1 N–H and O–H groups in total. The predicted octanol–water partition coefficient (Wildman–Crippen LogP) is -3.04. The average Bonchev–Trinajstić information content (AvgIpc) is 1.69. The number of hydrogen-bond donors (Lipinski definition) is 1. The molecule has 0 aromatic rings. The Morgan fingerprint density at radius 1 is 1.71 bits per heavy atom. The molecule has 0 rings (SSSR count). The van der Waals surface area contributed by atoms with E-state index in [1.54, 1.807) is 0 Å². The van der Waals surface area contributed by atoms with E-state index in [-0.39, 0.29) is 0 Å². The third-order valence-corrected chi connectivity index (χ3v) is 1.79. The van der Waals surface area contributed by atoms with E-state index in [2.05, 4.69) is 0 Å². The maximum atomic E-state index is 9.61. The fourth-order valence-corrected chi connectivity index (χ4v) is 1.00. The predicted molar refractivity (Wildman–Crippen MR) is 22.4 cm³/mol. The Morgan fingerprint density at radius 2 is 2.43 bits per heavy atom. The van der Waals surface area contributed by atoms with Crippen molar-refractivity contribution in [2.45, 2.75) is 12.8 Å². The van der Waals surface area contributed by atoms with E-state index in [0.29, 0.717) is 6.42 Å². The molecule has 0 radical (unpaired) electrons. The van der Waals surface area contributed by atoms with Crippen molar-refractivity contribution < 1.29 is 29.9 Å². The Labute approximate surface area is 53.7 Å². The molecule has 0 aliphatic rings. The zero-order chi connectivity index (χ0) is 5.54. The summed E-state index contributed by atoms with van der Waals surface area (Å²) in [5, 5.41) is 0. The minimum absolute atomic E-state index is 0.564. The zero-order valence-electron chi connectivity index (χ0n) is 3.93. The second-order valence-corrected chi connectivity index (χ2v) is 2.88. The van der Waals surface area contributed by atoms with Gasteiger partial charge >= 0.3 is 53.4 Å². The molecule has 0 fully saturated rings. The van der Waals surface area contributed by atoms with Gasteiger partial charge in [0.05, 0.1) is 0 Å². The molecule has 0 unspecified atom stereocenters. The zero-order valence-corrected chi connectivity index (χ0v) is 6.09. The van der Waals surface area contributed by atoms with E-state index >= 15 is 0 Å². The van der Waals surface area contributed by atoms with Gasteiger partial charge in [-0.3, -0.25) is 0 Å². The van der Waals surface area contributed by atoms with Gasteiger partial charge in [0.25, 0.3) is 0 Å². The van der Waals surface area contributed by atoms with Gasteiger partial charge in [0.1, 0.15) is 0 Å². The van der Waals surface area contributed by atoms with Gasteiger partial charge < -0.3 is 0 Å². The minimum atomic E-state index is -0.564. The van der Waals surface area contributed by atoms with Gasteiger partial charge in [0.2, 0.25) is 0 Å². The van der Waals surface area contributed by atoms with E-state index in [0.717, 1.165) is 17.1 Å². The van der Waals surface area contributed by atoms with Crippen molar-refractivity contribution >= 4 is 6.29 Å². The van der Waals surface area contributed by atoms with Gasteiger partial charge in [-0.2, -0.15) is 0 Å². The number of hydrogen-bond acceptors (Lipinski definition) is 2. The van der Waals surface area contributed by atoms with Gasteiger partial charge in [-0.25, -0.2) is 0 Å². The number of alkyl halides is 1. The number of rotatable bonds is 4. The van der Waals surface area contributed by atoms with Crippen molar-refractivity contribution in [2.24, 2.45) is 0 Å². The first-order valence-electron chi connectivity index (χ1n) is 2.08. The normalized spacial score (nSPS) is 9.29. The number of carbonyl (C=O) groups is 1. The Kier molecular flexibility index (Phi) is 6.69. The quantitative estimate of drug-likeness (QED) is 0.234. The molecule has 0 atom stereocenters. The summed E-state index contributed by atoms with van der Waals surface area (Å²) in [6.07, 6.45) is 2.37. The molecule has 0 bridgehead atoms. The fourth-order valence-electron chi connectivity index (χ4n) is 0.220. The SMILES string of the molecule is O=CCCC[I-]O. The summed E-state index contributed by atoms with van der Waals surface area (Å²) in [7, 11) is 0. The van der Waals surface area contributed by atoms with Gasteiger partial charge in [-0.05, 0) is 0 Å². The Balaban J connectivity index is 2.56. The third kappa shape index (κ3) is 6.36. The van der Waals surface area contributed by atoms with Crippen LogP contribution in [0.5, 0.6) is 0 Å². The second-order valence-electron chi connectivity index (χ2n) is 1.12. The van der Waals surface area contributed by atoms with Gasteiger partial charge in [-0.15, -0.1) is 0 Å². The molecule has 0 heterocycles. The topological polar surface area (TPSA) is 37.3 Å². The van der Waals surface area contributed by atoms with E-state index in [9.17, 15) is 4.79 Å². The standard InChI is InChI=1S/C4H8IO2/c6-4-2-1-3-5-7/h4,7H,1-3H2/q-1. The summed E-state index contributed by atoms with van der Waals surface area (Å²) >= 11 is -0.564. The molecule has 44 valence electrons. The van der Waals surface area contributed by atoms with Crippen LogP contribution in [0.4, 0.5) is 0 Å². The third-order valence-electron chi connectivity index (χ3n) is 0.540. The number of halogens is 1. The molecule has 2 nitrogen and oxygen atoms in total. The first-order chi connectivity index (χ1) is 3.41. The number of carbonyl (C=O) groups excluding carboxylic acids is 1. The monoisotopic (exact) mass is 215 g/mol. The van der Waals surface area contributed by atoms with Crippen LogP contribution in [0.3, 0.4) is 0 Å². The maximum absolute atomic E-state index is 9.61. The first kappa shape index (κ1) is 7.36. The molecular formula is C4H8IO2-. The molecule has 0 aliphatic carbocycles. The van der Waals surface area contributed by atoms with E-state index < -0.39 is 21.6 Å². The second kappa shape index (κ2) is 6.36. The van der Waals surface area contributed by atoms with Gasteiger partial charge in [0.15, 0.2) is 0 Å². The molecule has 0 aromatic carbocycles. The molecule has 0 spiro atoms. The molecular weight excluding hydrogens is 207 g/mol. The van der Waals surface area contributed by atoms with Crippen LogP contribution in [-0.4, -0.2) is 14.1 Å². The van der Waals surface area contributed by atoms with Crippen molar-refractivity contribution in [1.82, 2.24) is 0 Å². The van der Waals surface area contributed by atoms with E-state index in [1.165, 1.54) is 0 Å². The molecule has 0 amide bonds. The van der Waals surface area contributed by atoms with Crippen LogP contribution in [0.15, 0.2) is 0 Å². The summed E-state index contributed by atoms with van der Waals surface area (Å²) in [5.74, 6) is 0. The first-order valence-corrected chi connectivity index (χ1v) is 4.57. The van der Waals surface area contributed by atoms with Crippen LogP contribution < -0.4 is 21.6 Å². The van der Waals surface area contributed by atoms with Crippen molar-refractivity contribution in [3.63, 3.8) is 0 Å². The molecule has 0 saturated heterocycles. The van der Waals surface area contributed by atoms with Crippen LogP contribution in [0.25, 0.3) is 0 Å². The van der Waals surface area contributed by atoms with E-state index in [1.807, 2.05) is 0 Å². The Morgan fingerprint density at radius 3 is 2.86 bits per heavy atom. The summed E-state index contributed by atoms with van der Waals surface area (Å²) in [5.41, 5.74) is 0.